The van der Waals surface area contributed by atoms with Gasteiger partial charge in [0.05, 0.1) is 19.8 Å². The van der Waals surface area contributed by atoms with Crippen molar-refractivity contribution in [2.75, 3.05) is 19.8 Å². The van der Waals surface area contributed by atoms with Crippen molar-refractivity contribution in [3.63, 3.8) is 0 Å². The van der Waals surface area contributed by atoms with Gasteiger partial charge in [-0.3, -0.25) is 4.79 Å². The summed E-state index contributed by atoms with van der Waals surface area (Å²) in [5.41, 5.74) is 4.26. The van der Waals surface area contributed by atoms with Crippen molar-refractivity contribution >= 4 is 5.91 Å². The largest absolute Gasteiger partial charge is 0.394 e. The van der Waals surface area contributed by atoms with Gasteiger partial charge in [-0.15, -0.1) is 0 Å². The highest BCUT2D eigenvalue weighted by Crippen LogP contribution is 2.19. The maximum Gasteiger partial charge on any atom is 0.222 e. The van der Waals surface area contributed by atoms with E-state index in [2.05, 4.69) is 5.32 Å². The van der Waals surface area contributed by atoms with Crippen LogP contribution in [-0.2, 0) is 4.79 Å². The van der Waals surface area contributed by atoms with Gasteiger partial charge in [0, 0.05) is 12.5 Å². The quantitative estimate of drug-likeness (QED) is 0.396. The molecule has 0 aromatic rings. The van der Waals surface area contributed by atoms with Gasteiger partial charge in [-0.05, 0) is 5.41 Å². The summed E-state index contributed by atoms with van der Waals surface area (Å²) in [6.07, 6.45) is 0.0747. The molecule has 1 unspecified atom stereocenters. The average Bonchev–Trinajstić information content (AvgIpc) is 2.24. The molecule has 0 radical (unpaired) electrons. The summed E-state index contributed by atoms with van der Waals surface area (Å²) in [4.78, 5) is 11.7. The monoisotopic (exact) mass is 248 g/mol. The zero-order chi connectivity index (χ0) is 13.7. The van der Waals surface area contributed by atoms with Crippen molar-refractivity contribution in [2.45, 2.75) is 38.8 Å². The van der Waals surface area contributed by atoms with Crippen molar-refractivity contribution in [3.05, 3.63) is 0 Å². The van der Waals surface area contributed by atoms with Crippen LogP contribution < -0.4 is 11.1 Å². The zero-order valence-electron chi connectivity index (χ0n) is 10.7. The van der Waals surface area contributed by atoms with E-state index in [9.17, 15) is 4.79 Å². The maximum atomic E-state index is 11.7. The van der Waals surface area contributed by atoms with Gasteiger partial charge in [0.1, 0.15) is 5.54 Å². The van der Waals surface area contributed by atoms with Crippen LogP contribution in [-0.4, -0.2) is 52.6 Å². The Morgan fingerprint density at radius 2 is 1.59 bits per heavy atom. The molecule has 0 aliphatic rings. The molecule has 0 rings (SSSR count). The molecule has 1 atom stereocenters. The molecule has 0 bridgehead atoms. The Bertz CT molecular complexity index is 238. The molecule has 0 fully saturated rings. The van der Waals surface area contributed by atoms with Crippen LogP contribution in [0, 0.1) is 5.41 Å². The predicted molar refractivity (Wildman–Crippen MR) is 64.2 cm³/mol. The van der Waals surface area contributed by atoms with E-state index in [1.54, 1.807) is 0 Å². The lowest BCUT2D eigenvalue weighted by Crippen LogP contribution is -2.58. The molecule has 0 saturated carbocycles. The van der Waals surface area contributed by atoms with Gasteiger partial charge in [0.2, 0.25) is 5.91 Å². The van der Waals surface area contributed by atoms with Crippen LogP contribution in [0.3, 0.4) is 0 Å². The Labute approximate surface area is 102 Å². The van der Waals surface area contributed by atoms with E-state index in [4.69, 9.17) is 21.1 Å². The fraction of sp³-hybridized carbons (Fsp3) is 0.909. The van der Waals surface area contributed by atoms with Gasteiger partial charge in [-0.25, -0.2) is 0 Å². The van der Waals surface area contributed by atoms with Crippen molar-refractivity contribution in [3.8, 4) is 0 Å². The van der Waals surface area contributed by atoms with Gasteiger partial charge >= 0.3 is 0 Å². The molecule has 6 nitrogen and oxygen atoms in total. The number of hydrogen-bond acceptors (Lipinski definition) is 5. The number of nitrogens with two attached hydrogens (primary N) is 1. The summed E-state index contributed by atoms with van der Waals surface area (Å²) in [7, 11) is 0. The molecule has 0 aromatic heterocycles. The molecule has 6 N–H and O–H groups in total. The first-order chi connectivity index (χ1) is 7.70. The number of nitrogens with one attached hydrogen (secondary N) is 1. The molecule has 6 heteroatoms. The summed E-state index contributed by atoms with van der Waals surface area (Å²) in [5.74, 6) is -0.399. The smallest absolute Gasteiger partial charge is 0.222 e. The fourth-order valence-corrected chi connectivity index (χ4v) is 1.12. The van der Waals surface area contributed by atoms with Gasteiger partial charge in [-0.2, -0.15) is 0 Å². The van der Waals surface area contributed by atoms with E-state index in [0.29, 0.717) is 0 Å². The molecule has 0 spiro atoms. The third-order valence-electron chi connectivity index (χ3n) is 2.83. The van der Waals surface area contributed by atoms with Crippen LogP contribution in [0.15, 0.2) is 0 Å². The van der Waals surface area contributed by atoms with E-state index < -0.39 is 31.3 Å². The van der Waals surface area contributed by atoms with E-state index in [1.807, 2.05) is 20.8 Å². The first kappa shape index (κ1) is 16.3. The van der Waals surface area contributed by atoms with Crippen LogP contribution in [0.2, 0.25) is 0 Å². The third-order valence-corrected chi connectivity index (χ3v) is 2.83. The number of carbonyl (C=O) groups is 1. The minimum absolute atomic E-state index is 0.0747. The minimum Gasteiger partial charge on any atom is -0.394 e. The van der Waals surface area contributed by atoms with Crippen LogP contribution >= 0.6 is 0 Å². The maximum absolute atomic E-state index is 11.7. The second-order valence-electron chi connectivity index (χ2n) is 5.48. The van der Waals surface area contributed by atoms with Gasteiger partial charge in [-0.1, -0.05) is 20.8 Å². The van der Waals surface area contributed by atoms with Gasteiger partial charge < -0.3 is 26.4 Å². The van der Waals surface area contributed by atoms with Crippen LogP contribution in [0.25, 0.3) is 0 Å². The van der Waals surface area contributed by atoms with E-state index >= 15 is 0 Å². The SMILES string of the molecule is CC(C)(C)C(N)CC(=O)NC(CO)(CO)CO. The summed E-state index contributed by atoms with van der Waals surface area (Å²) in [6.45, 7) is 4.16. The topological polar surface area (TPSA) is 116 Å². The summed E-state index contributed by atoms with van der Waals surface area (Å²) in [6, 6.07) is -0.337. The standard InChI is InChI=1S/C11H24N2O4/c1-10(2,3)8(12)4-9(17)13-11(5-14,6-15)7-16/h8,14-16H,4-7,12H2,1-3H3,(H,13,17). The van der Waals surface area contributed by atoms with Gasteiger partial charge in [0.15, 0.2) is 0 Å². The predicted octanol–water partition coefficient (Wildman–Crippen LogP) is -1.42. The average molecular weight is 248 g/mol. The molecule has 0 heterocycles. The molecule has 0 aromatic carbocycles. The molecule has 1 amide bonds. The highest BCUT2D eigenvalue weighted by Gasteiger charge is 2.31. The van der Waals surface area contributed by atoms with E-state index in [-0.39, 0.29) is 17.9 Å². The molecular weight excluding hydrogens is 224 g/mol. The third kappa shape index (κ3) is 4.99. The number of carbonyl (C=O) groups excluding carboxylic acids is 1. The molecular formula is C11H24N2O4. The minimum atomic E-state index is -1.38. The second kappa shape index (κ2) is 6.30. The number of aliphatic hydroxyl groups is 3. The number of hydrogen-bond donors (Lipinski definition) is 5. The zero-order valence-corrected chi connectivity index (χ0v) is 10.7. The first-order valence-electron chi connectivity index (χ1n) is 5.60. The van der Waals surface area contributed by atoms with Crippen molar-refractivity contribution in [1.29, 1.82) is 0 Å². The van der Waals surface area contributed by atoms with Crippen molar-refractivity contribution in [1.82, 2.24) is 5.32 Å². The number of rotatable bonds is 6. The fourth-order valence-electron chi connectivity index (χ4n) is 1.12. The highest BCUT2D eigenvalue weighted by molar-refractivity contribution is 5.77. The Balaban J connectivity index is 4.45. The van der Waals surface area contributed by atoms with Crippen molar-refractivity contribution in [2.24, 2.45) is 11.1 Å². The van der Waals surface area contributed by atoms with E-state index in [1.165, 1.54) is 0 Å². The first-order valence-corrected chi connectivity index (χ1v) is 5.60. The summed E-state index contributed by atoms with van der Waals surface area (Å²) >= 11 is 0. The Kier molecular flexibility index (Phi) is 6.04. The normalized spacial score (nSPS) is 14.5. The molecule has 17 heavy (non-hydrogen) atoms. The van der Waals surface area contributed by atoms with Gasteiger partial charge in [0.25, 0.3) is 0 Å². The molecule has 102 valence electrons. The molecule has 0 saturated heterocycles. The Morgan fingerprint density at radius 1 is 1.18 bits per heavy atom. The van der Waals surface area contributed by atoms with Crippen LogP contribution in [0.1, 0.15) is 27.2 Å². The second-order valence-corrected chi connectivity index (χ2v) is 5.48. The summed E-state index contributed by atoms with van der Waals surface area (Å²) in [5, 5.41) is 29.6. The lowest BCUT2D eigenvalue weighted by molar-refractivity contribution is -0.126. The Morgan fingerprint density at radius 3 is 1.88 bits per heavy atom. The highest BCUT2D eigenvalue weighted by atomic mass is 16.3. The number of aliphatic hydroxyl groups excluding tert-OH is 3. The molecule has 0 aliphatic carbocycles. The summed E-state index contributed by atoms with van der Waals surface area (Å²) < 4.78 is 0. The van der Waals surface area contributed by atoms with Crippen molar-refractivity contribution < 1.29 is 20.1 Å². The molecule has 0 aliphatic heterocycles. The van der Waals surface area contributed by atoms with Crippen LogP contribution in [0.4, 0.5) is 0 Å². The lowest BCUT2D eigenvalue weighted by atomic mass is 9.85. The number of amides is 1. The lowest BCUT2D eigenvalue weighted by Gasteiger charge is -2.31. The van der Waals surface area contributed by atoms with Crippen LogP contribution in [0.5, 0.6) is 0 Å². The Hall–Kier alpha value is -0.690. The van der Waals surface area contributed by atoms with E-state index in [0.717, 1.165) is 0 Å².